The van der Waals surface area contributed by atoms with Crippen molar-refractivity contribution >= 4 is 5.78 Å². The topological polar surface area (TPSA) is 17.1 Å². The Morgan fingerprint density at radius 1 is 1.05 bits per heavy atom. The average molecular weight is 286 g/mol. The summed E-state index contributed by atoms with van der Waals surface area (Å²) in [5, 5.41) is 0. The number of rotatable bonds is 8. The maximum Gasteiger partial charge on any atom is 0.135 e. The number of ketones is 1. The normalized spacial score (nSPS) is 22.1. The summed E-state index contributed by atoms with van der Waals surface area (Å²) >= 11 is 0. The van der Waals surface area contributed by atoms with E-state index in [4.69, 9.17) is 0 Å². The third-order valence-corrected chi connectivity index (χ3v) is 5.00. The Morgan fingerprint density at radius 3 is 2.43 bits per heavy atom. The lowest BCUT2D eigenvalue weighted by Gasteiger charge is -2.27. The van der Waals surface area contributed by atoms with Crippen LogP contribution in [0.5, 0.6) is 0 Å². The van der Waals surface area contributed by atoms with Gasteiger partial charge in [-0.2, -0.15) is 0 Å². The second kappa shape index (κ2) is 9.02. The quantitative estimate of drug-likeness (QED) is 0.610. The van der Waals surface area contributed by atoms with Crippen molar-refractivity contribution in [1.29, 1.82) is 0 Å². The molecular formula is C20H30O. The standard InChI is InChI=1S/C20H30O/c1-2-3-8-18-13-15-19(16-14-18)20(21)12-7-11-17-9-5-4-6-10-17/h4-6,9-10,18-19H,2-3,7-8,11-16H2,1H3. The van der Waals surface area contributed by atoms with Crippen molar-refractivity contribution in [3.05, 3.63) is 35.9 Å². The molecule has 1 fully saturated rings. The summed E-state index contributed by atoms with van der Waals surface area (Å²) in [6, 6.07) is 10.5. The zero-order chi connectivity index (χ0) is 14.9. The summed E-state index contributed by atoms with van der Waals surface area (Å²) in [4.78, 5) is 12.3. The van der Waals surface area contributed by atoms with Crippen LogP contribution in [0.15, 0.2) is 30.3 Å². The van der Waals surface area contributed by atoms with E-state index in [2.05, 4.69) is 31.2 Å². The Labute approximate surface area is 130 Å². The van der Waals surface area contributed by atoms with Gasteiger partial charge in [-0.3, -0.25) is 4.79 Å². The first-order valence-corrected chi connectivity index (χ1v) is 8.86. The van der Waals surface area contributed by atoms with Crippen molar-refractivity contribution in [1.82, 2.24) is 0 Å². The molecule has 1 nitrogen and oxygen atoms in total. The van der Waals surface area contributed by atoms with E-state index in [9.17, 15) is 4.79 Å². The van der Waals surface area contributed by atoms with Gasteiger partial charge in [-0.05, 0) is 50.0 Å². The van der Waals surface area contributed by atoms with E-state index in [1.165, 1.54) is 37.7 Å². The lowest BCUT2D eigenvalue weighted by Crippen LogP contribution is -2.22. The fourth-order valence-corrected chi connectivity index (χ4v) is 3.58. The summed E-state index contributed by atoms with van der Waals surface area (Å²) in [5.74, 6) is 1.80. The first kappa shape index (κ1) is 16.3. The third kappa shape index (κ3) is 5.65. The molecule has 0 aliphatic heterocycles. The van der Waals surface area contributed by atoms with Gasteiger partial charge in [0.15, 0.2) is 0 Å². The second-order valence-electron chi connectivity index (χ2n) is 6.67. The number of benzene rings is 1. The highest BCUT2D eigenvalue weighted by molar-refractivity contribution is 5.81. The van der Waals surface area contributed by atoms with Gasteiger partial charge in [0.2, 0.25) is 0 Å². The molecule has 1 aliphatic rings. The molecule has 21 heavy (non-hydrogen) atoms. The van der Waals surface area contributed by atoms with Gasteiger partial charge >= 0.3 is 0 Å². The molecule has 116 valence electrons. The molecule has 0 heterocycles. The van der Waals surface area contributed by atoms with E-state index in [0.29, 0.717) is 11.7 Å². The van der Waals surface area contributed by atoms with E-state index in [1.807, 2.05) is 6.07 Å². The van der Waals surface area contributed by atoms with Crippen LogP contribution in [-0.4, -0.2) is 5.78 Å². The van der Waals surface area contributed by atoms with Crippen LogP contribution in [0.1, 0.15) is 70.3 Å². The van der Waals surface area contributed by atoms with Gasteiger partial charge in [0.1, 0.15) is 5.78 Å². The Hall–Kier alpha value is -1.11. The fourth-order valence-electron chi connectivity index (χ4n) is 3.58. The number of unbranched alkanes of at least 4 members (excludes halogenated alkanes) is 1. The first-order valence-electron chi connectivity index (χ1n) is 8.86. The predicted octanol–water partition coefficient (Wildman–Crippen LogP) is 5.58. The number of hydrogen-bond donors (Lipinski definition) is 0. The molecule has 2 rings (SSSR count). The zero-order valence-electron chi connectivity index (χ0n) is 13.5. The van der Waals surface area contributed by atoms with Crippen LogP contribution >= 0.6 is 0 Å². The molecule has 0 N–H and O–H groups in total. The van der Waals surface area contributed by atoms with Crippen LogP contribution < -0.4 is 0 Å². The lowest BCUT2D eigenvalue weighted by atomic mass is 9.77. The number of carbonyl (C=O) groups is 1. The molecule has 0 saturated heterocycles. The molecule has 0 bridgehead atoms. The van der Waals surface area contributed by atoms with Crippen molar-refractivity contribution < 1.29 is 4.79 Å². The molecule has 1 aliphatic carbocycles. The minimum atomic E-state index is 0.374. The van der Waals surface area contributed by atoms with Gasteiger partial charge in [-0.1, -0.05) is 56.5 Å². The van der Waals surface area contributed by atoms with Crippen LogP contribution in [-0.2, 0) is 11.2 Å². The molecule has 1 aromatic carbocycles. The number of hydrogen-bond acceptors (Lipinski definition) is 1. The molecule has 0 spiro atoms. The van der Waals surface area contributed by atoms with Crippen molar-refractivity contribution in [2.24, 2.45) is 11.8 Å². The molecule has 0 atom stereocenters. The van der Waals surface area contributed by atoms with E-state index >= 15 is 0 Å². The fraction of sp³-hybridized carbons (Fsp3) is 0.650. The number of Topliss-reactive ketones (excluding diaryl/α,β-unsaturated/α-hetero) is 1. The predicted molar refractivity (Wildman–Crippen MR) is 89.4 cm³/mol. The monoisotopic (exact) mass is 286 g/mol. The van der Waals surface area contributed by atoms with Crippen molar-refractivity contribution in [3.8, 4) is 0 Å². The van der Waals surface area contributed by atoms with Crippen LogP contribution in [0.4, 0.5) is 0 Å². The maximum atomic E-state index is 12.3. The van der Waals surface area contributed by atoms with Gasteiger partial charge < -0.3 is 0 Å². The van der Waals surface area contributed by atoms with Crippen molar-refractivity contribution in [2.75, 3.05) is 0 Å². The minimum Gasteiger partial charge on any atom is -0.299 e. The molecule has 1 saturated carbocycles. The first-order chi connectivity index (χ1) is 10.3. The summed E-state index contributed by atoms with van der Waals surface area (Å²) in [7, 11) is 0. The Morgan fingerprint density at radius 2 is 1.76 bits per heavy atom. The van der Waals surface area contributed by atoms with Gasteiger partial charge in [0, 0.05) is 12.3 Å². The SMILES string of the molecule is CCCCC1CCC(C(=O)CCCc2ccccc2)CC1. The highest BCUT2D eigenvalue weighted by Crippen LogP contribution is 2.33. The lowest BCUT2D eigenvalue weighted by molar-refractivity contribution is -0.124. The van der Waals surface area contributed by atoms with E-state index in [0.717, 1.165) is 38.0 Å². The van der Waals surface area contributed by atoms with E-state index in [1.54, 1.807) is 0 Å². The smallest absolute Gasteiger partial charge is 0.135 e. The average Bonchev–Trinajstić information content (AvgIpc) is 2.54. The van der Waals surface area contributed by atoms with Crippen molar-refractivity contribution in [3.63, 3.8) is 0 Å². The number of carbonyl (C=O) groups excluding carboxylic acids is 1. The Kier molecular flexibility index (Phi) is 6.99. The molecule has 0 unspecified atom stereocenters. The maximum absolute atomic E-state index is 12.3. The molecule has 1 heteroatoms. The van der Waals surface area contributed by atoms with Crippen LogP contribution in [0, 0.1) is 11.8 Å². The highest BCUT2D eigenvalue weighted by atomic mass is 16.1. The van der Waals surface area contributed by atoms with Gasteiger partial charge in [0.25, 0.3) is 0 Å². The largest absolute Gasteiger partial charge is 0.299 e. The molecule has 0 radical (unpaired) electrons. The van der Waals surface area contributed by atoms with Crippen molar-refractivity contribution in [2.45, 2.75) is 71.1 Å². The highest BCUT2D eigenvalue weighted by Gasteiger charge is 2.25. The molecule has 1 aromatic rings. The van der Waals surface area contributed by atoms with Crippen LogP contribution in [0.25, 0.3) is 0 Å². The third-order valence-electron chi connectivity index (χ3n) is 5.00. The van der Waals surface area contributed by atoms with E-state index in [-0.39, 0.29) is 0 Å². The molecule has 0 aromatic heterocycles. The minimum absolute atomic E-state index is 0.374. The molecular weight excluding hydrogens is 256 g/mol. The zero-order valence-corrected chi connectivity index (χ0v) is 13.5. The second-order valence-corrected chi connectivity index (χ2v) is 6.67. The summed E-state index contributed by atoms with van der Waals surface area (Å²) < 4.78 is 0. The molecule has 0 amide bonds. The Bertz CT molecular complexity index is 401. The van der Waals surface area contributed by atoms with Crippen LogP contribution in [0.2, 0.25) is 0 Å². The Balaban J connectivity index is 1.63. The van der Waals surface area contributed by atoms with Gasteiger partial charge in [0.05, 0.1) is 0 Å². The summed E-state index contributed by atoms with van der Waals surface area (Å²) in [6.07, 6.45) is 11.8. The van der Waals surface area contributed by atoms with Gasteiger partial charge in [-0.25, -0.2) is 0 Å². The summed E-state index contributed by atoms with van der Waals surface area (Å²) in [6.45, 7) is 2.27. The van der Waals surface area contributed by atoms with Crippen LogP contribution in [0.3, 0.4) is 0 Å². The summed E-state index contributed by atoms with van der Waals surface area (Å²) in [5.41, 5.74) is 1.36. The number of aryl methyl sites for hydroxylation is 1. The van der Waals surface area contributed by atoms with Gasteiger partial charge in [-0.15, -0.1) is 0 Å². The van der Waals surface area contributed by atoms with E-state index < -0.39 is 0 Å².